The Hall–Kier alpha value is -0.900. The van der Waals surface area contributed by atoms with E-state index in [9.17, 15) is 9.18 Å². The molecule has 0 radical (unpaired) electrons. The molecule has 0 saturated heterocycles. The van der Waals surface area contributed by atoms with E-state index in [4.69, 9.17) is 5.11 Å². The molecular formula is C8H6BrFO2. The van der Waals surface area contributed by atoms with Gasteiger partial charge in [0, 0.05) is 0 Å². The highest BCUT2D eigenvalue weighted by Crippen LogP contribution is 2.24. The van der Waals surface area contributed by atoms with E-state index in [1.807, 2.05) is 0 Å². The maximum atomic E-state index is 12.6. The normalized spacial score (nSPS) is 12.5. The quantitative estimate of drug-likeness (QED) is 0.797. The van der Waals surface area contributed by atoms with Crippen LogP contribution in [0.15, 0.2) is 24.3 Å². The highest BCUT2D eigenvalue weighted by atomic mass is 79.9. The maximum absolute atomic E-state index is 12.6. The van der Waals surface area contributed by atoms with Crippen molar-refractivity contribution in [2.75, 3.05) is 0 Å². The van der Waals surface area contributed by atoms with E-state index in [1.165, 1.54) is 24.3 Å². The monoisotopic (exact) mass is 232 g/mol. The molecule has 0 saturated carbocycles. The van der Waals surface area contributed by atoms with Crippen LogP contribution in [-0.4, -0.2) is 11.1 Å². The summed E-state index contributed by atoms with van der Waals surface area (Å²) in [5.41, 5.74) is 0.407. The smallest absolute Gasteiger partial charge is 0.335 e. The van der Waals surface area contributed by atoms with Crippen molar-refractivity contribution in [3.63, 3.8) is 0 Å². The third kappa shape index (κ3) is 2.04. The highest BCUT2D eigenvalue weighted by molar-refractivity contribution is 9.09. The third-order valence-electron chi connectivity index (χ3n) is 1.39. The Morgan fingerprint density at radius 2 is 2.25 bits per heavy atom. The molecule has 1 rings (SSSR count). The van der Waals surface area contributed by atoms with E-state index in [-0.39, 0.29) is 5.56 Å². The summed E-state index contributed by atoms with van der Waals surface area (Å²) in [5, 5.41) is 7.24. The minimum Gasteiger partial charge on any atom is -0.478 e. The molecule has 1 aromatic rings. The number of hydrogen-bond acceptors (Lipinski definition) is 1. The number of aromatic carboxylic acids is 1. The Bertz CT molecular complexity index is 299. The molecule has 12 heavy (non-hydrogen) atoms. The lowest BCUT2D eigenvalue weighted by Crippen LogP contribution is -1.96. The van der Waals surface area contributed by atoms with Crippen LogP contribution in [0.5, 0.6) is 0 Å². The van der Waals surface area contributed by atoms with Crippen LogP contribution in [0.25, 0.3) is 0 Å². The number of carbonyl (C=O) groups is 1. The Balaban J connectivity index is 3.04. The van der Waals surface area contributed by atoms with Crippen LogP contribution in [0.3, 0.4) is 0 Å². The van der Waals surface area contributed by atoms with Crippen LogP contribution in [0.2, 0.25) is 0 Å². The summed E-state index contributed by atoms with van der Waals surface area (Å²) in [6, 6.07) is 5.74. The first-order valence-electron chi connectivity index (χ1n) is 3.22. The van der Waals surface area contributed by atoms with Crippen LogP contribution in [0, 0.1) is 0 Å². The number of hydrogen-bond donors (Lipinski definition) is 1. The molecule has 1 N–H and O–H groups in total. The lowest BCUT2D eigenvalue weighted by atomic mass is 10.1. The standard InChI is InChI=1S/C8H6BrFO2/c9-7(10)5-2-1-3-6(4-5)8(11)12/h1-4,7H,(H,11,12). The zero-order valence-corrected chi connectivity index (χ0v) is 7.58. The molecule has 0 aliphatic heterocycles. The largest absolute Gasteiger partial charge is 0.478 e. The van der Waals surface area contributed by atoms with E-state index in [0.29, 0.717) is 5.56 Å². The van der Waals surface area contributed by atoms with Crippen LogP contribution in [0.4, 0.5) is 4.39 Å². The van der Waals surface area contributed by atoms with Gasteiger partial charge in [-0.05, 0) is 33.6 Å². The lowest BCUT2D eigenvalue weighted by Gasteiger charge is -2.00. The minimum atomic E-state index is -1.31. The van der Waals surface area contributed by atoms with Crippen LogP contribution in [0.1, 0.15) is 21.0 Å². The second-order valence-corrected chi connectivity index (χ2v) is 3.04. The average molecular weight is 233 g/mol. The zero-order valence-electron chi connectivity index (χ0n) is 6.00. The lowest BCUT2D eigenvalue weighted by molar-refractivity contribution is 0.0697. The predicted molar refractivity (Wildman–Crippen MR) is 46.2 cm³/mol. The molecule has 2 nitrogen and oxygen atoms in total. The van der Waals surface area contributed by atoms with Crippen molar-refractivity contribution >= 4 is 21.9 Å². The minimum absolute atomic E-state index is 0.0922. The van der Waals surface area contributed by atoms with Gasteiger partial charge in [0.1, 0.15) is 0 Å². The van der Waals surface area contributed by atoms with Crippen molar-refractivity contribution in [3.8, 4) is 0 Å². The summed E-state index contributed by atoms with van der Waals surface area (Å²) in [6.45, 7) is 0. The molecule has 0 aliphatic rings. The van der Waals surface area contributed by atoms with E-state index >= 15 is 0 Å². The predicted octanol–water partition coefficient (Wildman–Crippen LogP) is 2.75. The van der Waals surface area contributed by atoms with Crippen molar-refractivity contribution in [3.05, 3.63) is 35.4 Å². The first-order valence-corrected chi connectivity index (χ1v) is 4.14. The van der Waals surface area contributed by atoms with E-state index in [2.05, 4.69) is 15.9 Å². The number of rotatable bonds is 2. The Morgan fingerprint density at radius 3 is 2.75 bits per heavy atom. The summed E-state index contributed by atoms with van der Waals surface area (Å²) in [6.07, 6.45) is 0. The van der Waals surface area contributed by atoms with E-state index < -0.39 is 11.1 Å². The van der Waals surface area contributed by atoms with E-state index in [0.717, 1.165) is 0 Å². The van der Waals surface area contributed by atoms with Gasteiger partial charge in [-0.2, -0.15) is 0 Å². The number of alkyl halides is 2. The molecule has 1 aromatic carbocycles. The van der Waals surface area contributed by atoms with Gasteiger partial charge in [0.25, 0.3) is 0 Å². The molecule has 1 unspecified atom stereocenters. The number of benzene rings is 1. The van der Waals surface area contributed by atoms with Crippen molar-refractivity contribution in [1.29, 1.82) is 0 Å². The molecular weight excluding hydrogens is 227 g/mol. The Morgan fingerprint density at radius 1 is 1.58 bits per heavy atom. The molecule has 0 amide bonds. The first-order chi connectivity index (χ1) is 5.61. The second kappa shape index (κ2) is 3.67. The molecule has 64 valence electrons. The zero-order chi connectivity index (χ0) is 9.14. The number of carboxylic acids is 1. The molecule has 0 aromatic heterocycles. The van der Waals surface area contributed by atoms with Crippen molar-refractivity contribution in [1.82, 2.24) is 0 Å². The van der Waals surface area contributed by atoms with Crippen molar-refractivity contribution in [2.45, 2.75) is 5.08 Å². The van der Waals surface area contributed by atoms with Crippen LogP contribution < -0.4 is 0 Å². The first kappa shape index (κ1) is 9.19. The number of halogens is 2. The fourth-order valence-corrected chi connectivity index (χ4v) is 1.09. The fraction of sp³-hybridized carbons (Fsp3) is 0.125. The van der Waals surface area contributed by atoms with Gasteiger partial charge in [0.15, 0.2) is 5.08 Å². The van der Waals surface area contributed by atoms with Gasteiger partial charge in [0.05, 0.1) is 5.56 Å². The van der Waals surface area contributed by atoms with Gasteiger partial charge in [-0.3, -0.25) is 0 Å². The summed E-state index contributed by atoms with van der Waals surface area (Å²) in [7, 11) is 0. The molecule has 4 heteroatoms. The molecule has 0 bridgehead atoms. The van der Waals surface area contributed by atoms with Crippen LogP contribution in [-0.2, 0) is 0 Å². The van der Waals surface area contributed by atoms with Gasteiger partial charge in [-0.25, -0.2) is 9.18 Å². The third-order valence-corrected chi connectivity index (χ3v) is 1.91. The number of carboxylic acid groups (broad SMARTS) is 1. The van der Waals surface area contributed by atoms with Crippen molar-refractivity contribution < 1.29 is 14.3 Å². The topological polar surface area (TPSA) is 37.3 Å². The van der Waals surface area contributed by atoms with Gasteiger partial charge < -0.3 is 5.11 Å². The molecule has 1 atom stereocenters. The van der Waals surface area contributed by atoms with E-state index in [1.54, 1.807) is 0 Å². The van der Waals surface area contributed by atoms with Crippen molar-refractivity contribution in [2.24, 2.45) is 0 Å². The maximum Gasteiger partial charge on any atom is 0.335 e. The average Bonchev–Trinajstić information content (AvgIpc) is 2.04. The Labute approximate surface area is 77.2 Å². The molecule has 0 heterocycles. The second-order valence-electron chi connectivity index (χ2n) is 2.23. The molecule has 0 aliphatic carbocycles. The summed E-state index contributed by atoms with van der Waals surface area (Å²) in [4.78, 5) is 10.4. The van der Waals surface area contributed by atoms with Gasteiger partial charge in [0.2, 0.25) is 0 Å². The van der Waals surface area contributed by atoms with Gasteiger partial charge in [-0.15, -0.1) is 0 Å². The SMILES string of the molecule is O=C(O)c1cccc(C(F)Br)c1. The van der Waals surface area contributed by atoms with Gasteiger partial charge in [-0.1, -0.05) is 12.1 Å². The summed E-state index contributed by atoms with van der Waals surface area (Å²) < 4.78 is 12.6. The van der Waals surface area contributed by atoms with Crippen LogP contribution >= 0.6 is 15.9 Å². The fourth-order valence-electron chi connectivity index (χ4n) is 0.807. The summed E-state index contributed by atoms with van der Waals surface area (Å²) >= 11 is 2.71. The Kier molecular flexibility index (Phi) is 2.81. The molecule has 0 fully saturated rings. The van der Waals surface area contributed by atoms with Gasteiger partial charge >= 0.3 is 5.97 Å². The molecule has 0 spiro atoms. The highest BCUT2D eigenvalue weighted by Gasteiger charge is 2.07. The summed E-state index contributed by atoms with van der Waals surface area (Å²) in [5.74, 6) is -1.05.